The second-order valence-corrected chi connectivity index (χ2v) is 6.77. The Balaban J connectivity index is 1.91. The summed E-state index contributed by atoms with van der Waals surface area (Å²) in [5.41, 5.74) is 7.91. The van der Waals surface area contributed by atoms with Crippen molar-refractivity contribution in [2.75, 3.05) is 5.73 Å². The molecule has 0 aliphatic heterocycles. The van der Waals surface area contributed by atoms with E-state index in [9.17, 15) is 0 Å². The summed E-state index contributed by atoms with van der Waals surface area (Å²) >= 11 is 3.41. The van der Waals surface area contributed by atoms with Crippen molar-refractivity contribution >= 4 is 21.6 Å². The lowest BCUT2D eigenvalue weighted by atomic mass is 9.89. The number of nitrogens with two attached hydrogens (primary N) is 1. The largest absolute Gasteiger partial charge is 0.398 e. The van der Waals surface area contributed by atoms with Gasteiger partial charge in [-0.1, -0.05) is 19.8 Å². The lowest BCUT2D eigenvalue weighted by Crippen LogP contribution is -2.21. The average Bonchev–Trinajstić information content (AvgIpc) is 3.03. The molecule has 1 aliphatic rings. The second kappa shape index (κ2) is 5.16. The van der Waals surface area contributed by atoms with E-state index in [1.807, 2.05) is 22.9 Å². The summed E-state index contributed by atoms with van der Waals surface area (Å²) in [5.74, 6) is 0.789. The molecule has 3 rings (SSSR count). The molecular formula is C14H18BrN5. The zero-order chi connectivity index (χ0) is 14.2. The van der Waals surface area contributed by atoms with Gasteiger partial charge in [0.1, 0.15) is 0 Å². The zero-order valence-corrected chi connectivity index (χ0v) is 13.1. The molecule has 6 heteroatoms. The monoisotopic (exact) mass is 335 g/mol. The highest BCUT2D eigenvalue weighted by Gasteiger charge is 2.30. The van der Waals surface area contributed by atoms with Crippen molar-refractivity contribution < 1.29 is 0 Å². The molecule has 1 aliphatic carbocycles. The number of aromatic nitrogens is 4. The number of nitrogen functional groups attached to an aromatic ring is 1. The molecule has 0 amide bonds. The smallest absolute Gasteiger partial charge is 0.182 e. The lowest BCUT2D eigenvalue weighted by Gasteiger charge is -2.23. The molecule has 106 valence electrons. The van der Waals surface area contributed by atoms with E-state index in [0.29, 0.717) is 11.1 Å². The Bertz CT molecular complexity index is 616. The van der Waals surface area contributed by atoms with Crippen LogP contribution in [0.15, 0.2) is 22.7 Å². The number of tetrazole rings is 1. The first-order valence-corrected chi connectivity index (χ1v) is 7.68. The SMILES string of the molecule is CC1(Cn2nnnc2-c2ccc(Br)c(N)c2)CCCC1. The van der Waals surface area contributed by atoms with Gasteiger partial charge in [-0.25, -0.2) is 4.68 Å². The zero-order valence-electron chi connectivity index (χ0n) is 11.5. The van der Waals surface area contributed by atoms with Gasteiger partial charge in [-0.05, 0) is 62.8 Å². The highest BCUT2D eigenvalue weighted by atomic mass is 79.9. The minimum atomic E-state index is 0.311. The molecule has 2 aromatic rings. The molecule has 0 bridgehead atoms. The summed E-state index contributed by atoms with van der Waals surface area (Å²) in [7, 11) is 0. The summed E-state index contributed by atoms with van der Waals surface area (Å²) in [6, 6.07) is 5.82. The topological polar surface area (TPSA) is 69.6 Å². The van der Waals surface area contributed by atoms with Gasteiger partial charge in [0.15, 0.2) is 5.82 Å². The van der Waals surface area contributed by atoms with Crippen molar-refractivity contribution in [2.45, 2.75) is 39.2 Å². The Morgan fingerprint density at radius 2 is 2.10 bits per heavy atom. The van der Waals surface area contributed by atoms with Gasteiger partial charge in [0.2, 0.25) is 0 Å². The maximum absolute atomic E-state index is 5.94. The van der Waals surface area contributed by atoms with Crippen LogP contribution in [0.3, 0.4) is 0 Å². The number of hydrogen-bond acceptors (Lipinski definition) is 4. The molecule has 1 heterocycles. The summed E-state index contributed by atoms with van der Waals surface area (Å²) in [6.45, 7) is 3.19. The third-order valence-electron chi connectivity index (χ3n) is 4.13. The van der Waals surface area contributed by atoms with Crippen LogP contribution >= 0.6 is 15.9 Å². The van der Waals surface area contributed by atoms with E-state index in [1.165, 1.54) is 25.7 Å². The van der Waals surface area contributed by atoms with Crippen LogP contribution in [0.25, 0.3) is 11.4 Å². The highest BCUT2D eigenvalue weighted by Crippen LogP contribution is 2.39. The van der Waals surface area contributed by atoms with E-state index in [4.69, 9.17) is 5.73 Å². The minimum Gasteiger partial charge on any atom is -0.398 e. The average molecular weight is 336 g/mol. The van der Waals surface area contributed by atoms with Crippen molar-refractivity contribution in [1.29, 1.82) is 0 Å². The summed E-state index contributed by atoms with van der Waals surface area (Å²) in [5, 5.41) is 12.2. The minimum absolute atomic E-state index is 0.311. The van der Waals surface area contributed by atoms with Crippen molar-refractivity contribution in [2.24, 2.45) is 5.41 Å². The Kier molecular flexibility index (Phi) is 3.50. The van der Waals surface area contributed by atoms with Gasteiger partial charge in [-0.3, -0.25) is 0 Å². The van der Waals surface area contributed by atoms with Gasteiger partial charge in [-0.15, -0.1) is 5.10 Å². The maximum atomic E-state index is 5.94. The quantitative estimate of drug-likeness (QED) is 0.874. The number of anilines is 1. The first-order chi connectivity index (χ1) is 9.57. The molecule has 0 unspecified atom stereocenters. The highest BCUT2D eigenvalue weighted by molar-refractivity contribution is 9.10. The molecule has 1 aromatic heterocycles. The van der Waals surface area contributed by atoms with E-state index >= 15 is 0 Å². The van der Waals surface area contributed by atoms with Crippen LogP contribution in [0.4, 0.5) is 5.69 Å². The van der Waals surface area contributed by atoms with Crippen molar-refractivity contribution in [3.8, 4) is 11.4 Å². The standard InChI is InChI=1S/C14H18BrN5/c1-14(6-2-3-7-14)9-20-13(17-18-19-20)10-4-5-11(15)12(16)8-10/h4-5,8H,2-3,6-7,9,16H2,1H3. The fourth-order valence-corrected chi connectivity index (χ4v) is 3.20. The molecule has 5 nitrogen and oxygen atoms in total. The molecular weight excluding hydrogens is 318 g/mol. The van der Waals surface area contributed by atoms with E-state index in [-0.39, 0.29) is 0 Å². The summed E-state index contributed by atoms with van der Waals surface area (Å²) < 4.78 is 2.80. The number of rotatable bonds is 3. The van der Waals surface area contributed by atoms with Crippen LogP contribution < -0.4 is 5.73 Å². The van der Waals surface area contributed by atoms with Crippen LogP contribution in [0.2, 0.25) is 0 Å². The summed E-state index contributed by atoms with van der Waals surface area (Å²) in [4.78, 5) is 0. The van der Waals surface area contributed by atoms with Crippen molar-refractivity contribution in [3.63, 3.8) is 0 Å². The molecule has 0 spiro atoms. The first kappa shape index (κ1) is 13.5. The van der Waals surface area contributed by atoms with Crippen LogP contribution in [0.5, 0.6) is 0 Å². The van der Waals surface area contributed by atoms with Crippen molar-refractivity contribution in [1.82, 2.24) is 20.2 Å². The first-order valence-electron chi connectivity index (χ1n) is 6.89. The Morgan fingerprint density at radius 3 is 2.80 bits per heavy atom. The van der Waals surface area contributed by atoms with E-state index in [1.54, 1.807) is 0 Å². The Labute approximate surface area is 126 Å². The van der Waals surface area contributed by atoms with Crippen LogP contribution in [0.1, 0.15) is 32.6 Å². The fraction of sp³-hybridized carbons (Fsp3) is 0.500. The fourth-order valence-electron chi connectivity index (χ4n) is 2.95. The van der Waals surface area contributed by atoms with Gasteiger partial charge in [0, 0.05) is 15.7 Å². The van der Waals surface area contributed by atoms with Crippen LogP contribution in [0, 0.1) is 5.41 Å². The van der Waals surface area contributed by atoms with Crippen LogP contribution in [-0.2, 0) is 6.54 Å². The molecule has 0 saturated heterocycles. The van der Waals surface area contributed by atoms with Gasteiger partial charge in [0.05, 0.1) is 6.54 Å². The normalized spacial score (nSPS) is 17.5. The van der Waals surface area contributed by atoms with Crippen molar-refractivity contribution in [3.05, 3.63) is 22.7 Å². The van der Waals surface area contributed by atoms with E-state index in [0.717, 1.165) is 22.4 Å². The molecule has 1 aromatic carbocycles. The van der Waals surface area contributed by atoms with Gasteiger partial charge >= 0.3 is 0 Å². The molecule has 20 heavy (non-hydrogen) atoms. The van der Waals surface area contributed by atoms with E-state index < -0.39 is 0 Å². The van der Waals surface area contributed by atoms with Crippen LogP contribution in [-0.4, -0.2) is 20.2 Å². The second-order valence-electron chi connectivity index (χ2n) is 5.91. The number of halogens is 1. The molecule has 0 radical (unpaired) electrons. The molecule has 1 saturated carbocycles. The van der Waals surface area contributed by atoms with Gasteiger partial charge < -0.3 is 5.73 Å². The molecule has 1 fully saturated rings. The third-order valence-corrected chi connectivity index (χ3v) is 4.85. The third kappa shape index (κ3) is 2.57. The van der Waals surface area contributed by atoms with Gasteiger partial charge in [0.25, 0.3) is 0 Å². The molecule has 0 atom stereocenters. The number of nitrogens with zero attached hydrogens (tertiary/aromatic N) is 4. The number of benzene rings is 1. The molecule has 2 N–H and O–H groups in total. The Hall–Kier alpha value is -1.43. The number of hydrogen-bond donors (Lipinski definition) is 1. The predicted octanol–water partition coefficient (Wildman–Crippen LogP) is 3.27. The predicted molar refractivity (Wildman–Crippen MR) is 81.9 cm³/mol. The Morgan fingerprint density at radius 1 is 1.35 bits per heavy atom. The lowest BCUT2D eigenvalue weighted by molar-refractivity contribution is 0.267. The summed E-state index contributed by atoms with van der Waals surface area (Å²) in [6.07, 6.45) is 5.10. The van der Waals surface area contributed by atoms with Gasteiger partial charge in [-0.2, -0.15) is 0 Å². The maximum Gasteiger partial charge on any atom is 0.182 e. The van der Waals surface area contributed by atoms with E-state index in [2.05, 4.69) is 38.4 Å².